The van der Waals surface area contributed by atoms with Crippen LogP contribution in [0.5, 0.6) is 0 Å². The van der Waals surface area contributed by atoms with Crippen molar-refractivity contribution in [1.29, 1.82) is 0 Å². The van der Waals surface area contributed by atoms with Gasteiger partial charge >= 0.3 is 0 Å². The zero-order valence-corrected chi connectivity index (χ0v) is 13.4. The van der Waals surface area contributed by atoms with Gasteiger partial charge in [0, 0.05) is 24.3 Å². The number of hydrogen-bond acceptors (Lipinski definition) is 3. The Morgan fingerprint density at radius 3 is 2.52 bits per heavy atom. The number of rotatable bonds is 4. The Morgan fingerprint density at radius 1 is 1.29 bits per heavy atom. The summed E-state index contributed by atoms with van der Waals surface area (Å²) in [5.74, 6) is 1.34. The van der Waals surface area contributed by atoms with Crippen molar-refractivity contribution in [3.63, 3.8) is 0 Å². The highest BCUT2D eigenvalue weighted by Crippen LogP contribution is 2.29. The largest absolute Gasteiger partial charge is 0.384 e. The maximum atomic E-state index is 12.7. The van der Waals surface area contributed by atoms with E-state index in [1.165, 1.54) is 19.3 Å². The van der Waals surface area contributed by atoms with Gasteiger partial charge in [-0.05, 0) is 50.2 Å². The molecule has 1 amide bonds. The number of carbonyl (C=O) groups is 1. The molecule has 0 atom stereocenters. The van der Waals surface area contributed by atoms with Crippen molar-refractivity contribution < 1.29 is 4.79 Å². The number of amides is 1. The van der Waals surface area contributed by atoms with E-state index in [4.69, 9.17) is 5.73 Å². The SMILES string of the molecule is CCc1cc(C(=O)N(C)C2CCC(CC)CC2)cc(N)n1. The van der Waals surface area contributed by atoms with Gasteiger partial charge in [-0.25, -0.2) is 4.98 Å². The van der Waals surface area contributed by atoms with E-state index < -0.39 is 0 Å². The molecule has 4 heteroatoms. The Hall–Kier alpha value is -1.58. The molecule has 1 aliphatic rings. The summed E-state index contributed by atoms with van der Waals surface area (Å²) in [7, 11) is 1.92. The van der Waals surface area contributed by atoms with Crippen LogP contribution in [-0.4, -0.2) is 28.9 Å². The molecule has 0 radical (unpaired) electrons. The van der Waals surface area contributed by atoms with Gasteiger partial charge in [0.05, 0.1) is 0 Å². The summed E-state index contributed by atoms with van der Waals surface area (Å²) in [4.78, 5) is 18.8. The highest BCUT2D eigenvalue weighted by Gasteiger charge is 2.26. The van der Waals surface area contributed by atoms with Crippen LogP contribution < -0.4 is 5.73 Å². The molecule has 1 heterocycles. The van der Waals surface area contributed by atoms with Crippen molar-refractivity contribution in [2.24, 2.45) is 5.92 Å². The number of nitrogens with two attached hydrogens (primary N) is 1. The van der Waals surface area contributed by atoms with Gasteiger partial charge in [-0.15, -0.1) is 0 Å². The molecule has 0 aromatic carbocycles. The minimum Gasteiger partial charge on any atom is -0.384 e. The van der Waals surface area contributed by atoms with Crippen LogP contribution in [0, 0.1) is 5.92 Å². The first kappa shape index (κ1) is 15.8. The molecule has 1 saturated carbocycles. The van der Waals surface area contributed by atoms with E-state index in [9.17, 15) is 4.79 Å². The lowest BCUT2D eigenvalue weighted by atomic mass is 9.84. The van der Waals surface area contributed by atoms with Crippen molar-refractivity contribution >= 4 is 11.7 Å². The van der Waals surface area contributed by atoms with E-state index in [1.54, 1.807) is 6.07 Å². The smallest absolute Gasteiger partial charge is 0.254 e. The molecule has 116 valence electrons. The first-order valence-corrected chi connectivity index (χ1v) is 8.08. The average molecular weight is 289 g/mol. The minimum absolute atomic E-state index is 0.0683. The molecule has 1 aliphatic carbocycles. The van der Waals surface area contributed by atoms with E-state index >= 15 is 0 Å². The van der Waals surface area contributed by atoms with Gasteiger partial charge in [-0.1, -0.05) is 20.3 Å². The Morgan fingerprint density at radius 2 is 1.95 bits per heavy atom. The number of nitrogen functional groups attached to an aromatic ring is 1. The van der Waals surface area contributed by atoms with Gasteiger partial charge in [-0.3, -0.25) is 4.79 Å². The summed E-state index contributed by atoms with van der Waals surface area (Å²) in [6.07, 6.45) is 6.74. The van der Waals surface area contributed by atoms with Gasteiger partial charge in [0.1, 0.15) is 5.82 Å². The number of aryl methyl sites for hydroxylation is 1. The number of nitrogens with zero attached hydrogens (tertiary/aromatic N) is 2. The Kier molecular flexibility index (Phi) is 5.21. The monoisotopic (exact) mass is 289 g/mol. The maximum Gasteiger partial charge on any atom is 0.254 e. The first-order chi connectivity index (χ1) is 10.0. The van der Waals surface area contributed by atoms with Gasteiger partial charge in [0.2, 0.25) is 0 Å². The van der Waals surface area contributed by atoms with Crippen LogP contribution in [0.2, 0.25) is 0 Å². The van der Waals surface area contributed by atoms with Crippen LogP contribution >= 0.6 is 0 Å². The van der Waals surface area contributed by atoms with Gasteiger partial charge in [0.15, 0.2) is 0 Å². The fourth-order valence-electron chi connectivity index (χ4n) is 3.23. The molecular formula is C17H27N3O. The third kappa shape index (κ3) is 3.74. The van der Waals surface area contributed by atoms with E-state index in [2.05, 4.69) is 11.9 Å². The second-order valence-electron chi connectivity index (χ2n) is 6.12. The summed E-state index contributed by atoms with van der Waals surface area (Å²) >= 11 is 0. The molecule has 21 heavy (non-hydrogen) atoms. The zero-order chi connectivity index (χ0) is 15.4. The molecule has 0 aliphatic heterocycles. The second kappa shape index (κ2) is 6.92. The topological polar surface area (TPSA) is 59.2 Å². The predicted octanol–water partition coefficient (Wildman–Crippen LogP) is 3.27. The maximum absolute atomic E-state index is 12.7. The zero-order valence-electron chi connectivity index (χ0n) is 13.4. The van der Waals surface area contributed by atoms with Crippen molar-refractivity contribution in [3.05, 3.63) is 23.4 Å². The lowest BCUT2D eigenvalue weighted by molar-refractivity contribution is 0.0674. The molecule has 0 bridgehead atoms. The third-order valence-electron chi connectivity index (χ3n) is 4.77. The number of anilines is 1. The quantitative estimate of drug-likeness (QED) is 0.925. The first-order valence-electron chi connectivity index (χ1n) is 8.08. The van der Waals surface area contributed by atoms with Gasteiger partial charge in [0.25, 0.3) is 5.91 Å². The van der Waals surface area contributed by atoms with E-state index in [-0.39, 0.29) is 5.91 Å². The minimum atomic E-state index is 0.0683. The van der Waals surface area contributed by atoms with E-state index in [0.717, 1.165) is 30.9 Å². The van der Waals surface area contributed by atoms with Crippen LogP contribution in [0.15, 0.2) is 12.1 Å². The van der Waals surface area contributed by atoms with Crippen molar-refractivity contribution in [1.82, 2.24) is 9.88 Å². The third-order valence-corrected chi connectivity index (χ3v) is 4.77. The Balaban J connectivity index is 2.07. The highest BCUT2D eigenvalue weighted by molar-refractivity contribution is 5.95. The molecular weight excluding hydrogens is 262 g/mol. The molecule has 0 spiro atoms. The summed E-state index contributed by atoms with van der Waals surface area (Å²) < 4.78 is 0. The highest BCUT2D eigenvalue weighted by atomic mass is 16.2. The molecule has 1 aromatic heterocycles. The molecule has 0 saturated heterocycles. The predicted molar refractivity (Wildman–Crippen MR) is 86.2 cm³/mol. The summed E-state index contributed by atoms with van der Waals surface area (Å²) in [5, 5.41) is 0. The normalized spacial score (nSPS) is 22.0. The number of hydrogen-bond donors (Lipinski definition) is 1. The van der Waals surface area contributed by atoms with Gasteiger partial charge < -0.3 is 10.6 Å². The van der Waals surface area contributed by atoms with Crippen LogP contribution in [0.3, 0.4) is 0 Å². The van der Waals surface area contributed by atoms with Crippen LogP contribution in [-0.2, 0) is 6.42 Å². The Bertz CT molecular complexity index is 493. The van der Waals surface area contributed by atoms with Crippen molar-refractivity contribution in [2.45, 2.75) is 58.4 Å². The lowest BCUT2D eigenvalue weighted by Crippen LogP contribution is -2.39. The van der Waals surface area contributed by atoms with E-state index in [0.29, 0.717) is 17.4 Å². The van der Waals surface area contributed by atoms with E-state index in [1.807, 2.05) is 24.9 Å². The molecule has 2 N–H and O–H groups in total. The summed E-state index contributed by atoms with van der Waals surface area (Å²) in [6.45, 7) is 4.28. The van der Waals surface area contributed by atoms with Crippen LogP contribution in [0.4, 0.5) is 5.82 Å². The summed E-state index contributed by atoms with van der Waals surface area (Å²) in [6, 6.07) is 3.92. The number of carbonyl (C=O) groups excluding carboxylic acids is 1. The molecule has 0 unspecified atom stereocenters. The molecule has 4 nitrogen and oxygen atoms in total. The number of aromatic nitrogens is 1. The second-order valence-corrected chi connectivity index (χ2v) is 6.12. The average Bonchev–Trinajstić information content (AvgIpc) is 2.52. The van der Waals surface area contributed by atoms with Crippen molar-refractivity contribution in [3.8, 4) is 0 Å². The molecule has 1 fully saturated rings. The lowest BCUT2D eigenvalue weighted by Gasteiger charge is -2.34. The molecule has 2 rings (SSSR count). The van der Waals surface area contributed by atoms with Gasteiger partial charge in [-0.2, -0.15) is 0 Å². The standard InChI is InChI=1S/C17H27N3O/c1-4-12-6-8-15(9-7-12)20(3)17(21)13-10-14(5-2)19-16(18)11-13/h10-12,15H,4-9H2,1-3H3,(H2,18,19). The van der Waals surface area contributed by atoms with Crippen molar-refractivity contribution in [2.75, 3.05) is 12.8 Å². The fourth-order valence-corrected chi connectivity index (χ4v) is 3.23. The Labute approximate surface area is 127 Å². The van der Waals surface area contributed by atoms with Crippen LogP contribution in [0.1, 0.15) is 62.0 Å². The summed E-state index contributed by atoms with van der Waals surface area (Å²) in [5.41, 5.74) is 7.35. The molecule has 1 aromatic rings. The fraction of sp³-hybridized carbons (Fsp3) is 0.647. The number of pyridine rings is 1. The van der Waals surface area contributed by atoms with Crippen LogP contribution in [0.25, 0.3) is 0 Å².